The standard InChI is InChI=1S/C21H29N5O3S/c1-16-5-2-9-26(15-16)21(28)20(27)25-12-10-24(11-13-25)8-3-7-18-22-19(23-29-18)17-6-4-14-30-17/h4,6,14,16H,2-3,5,7-13,15H2,1H3/t16-/m0/s1. The van der Waals surface area contributed by atoms with Gasteiger partial charge in [-0.2, -0.15) is 4.98 Å². The monoisotopic (exact) mass is 431 g/mol. The molecule has 0 bridgehead atoms. The Bertz CT molecular complexity index is 845. The van der Waals surface area contributed by atoms with Crippen molar-refractivity contribution in [3.63, 3.8) is 0 Å². The van der Waals surface area contributed by atoms with Crippen molar-refractivity contribution >= 4 is 23.2 Å². The van der Waals surface area contributed by atoms with E-state index in [0.29, 0.717) is 43.8 Å². The second-order valence-electron chi connectivity index (χ2n) is 8.22. The third kappa shape index (κ3) is 5.07. The van der Waals surface area contributed by atoms with Gasteiger partial charge in [0.1, 0.15) is 0 Å². The predicted molar refractivity (Wildman–Crippen MR) is 114 cm³/mol. The fourth-order valence-electron chi connectivity index (χ4n) is 4.14. The molecule has 30 heavy (non-hydrogen) atoms. The summed E-state index contributed by atoms with van der Waals surface area (Å²) >= 11 is 1.60. The first kappa shape index (κ1) is 21.0. The van der Waals surface area contributed by atoms with Crippen LogP contribution in [0, 0.1) is 5.92 Å². The van der Waals surface area contributed by atoms with Crippen LogP contribution in [0.1, 0.15) is 32.1 Å². The molecule has 9 heteroatoms. The van der Waals surface area contributed by atoms with Crippen molar-refractivity contribution < 1.29 is 14.1 Å². The summed E-state index contributed by atoms with van der Waals surface area (Å²) in [6.45, 7) is 7.26. The number of amides is 2. The SMILES string of the molecule is C[C@H]1CCCN(C(=O)C(=O)N2CCN(CCCc3nc(-c4cccs4)no3)CC2)C1. The van der Waals surface area contributed by atoms with Crippen molar-refractivity contribution in [2.24, 2.45) is 5.92 Å². The van der Waals surface area contributed by atoms with Crippen LogP contribution in [0.25, 0.3) is 10.7 Å². The molecule has 2 aliphatic heterocycles. The topological polar surface area (TPSA) is 82.8 Å². The summed E-state index contributed by atoms with van der Waals surface area (Å²) in [7, 11) is 0. The van der Waals surface area contributed by atoms with E-state index >= 15 is 0 Å². The van der Waals surface area contributed by atoms with E-state index in [2.05, 4.69) is 22.0 Å². The lowest BCUT2D eigenvalue weighted by atomic mass is 10.0. The lowest BCUT2D eigenvalue weighted by Gasteiger charge is -2.36. The molecule has 2 amide bonds. The minimum atomic E-state index is -0.337. The normalized spacial score (nSPS) is 20.5. The predicted octanol–water partition coefficient (Wildman–Crippen LogP) is 2.13. The molecule has 8 nitrogen and oxygen atoms in total. The molecular weight excluding hydrogens is 402 g/mol. The lowest BCUT2D eigenvalue weighted by Crippen LogP contribution is -2.54. The third-order valence-corrected chi connectivity index (χ3v) is 6.73. The summed E-state index contributed by atoms with van der Waals surface area (Å²) in [5.74, 6) is 1.13. The van der Waals surface area contributed by atoms with Gasteiger partial charge in [0, 0.05) is 45.7 Å². The maximum Gasteiger partial charge on any atom is 0.312 e. The van der Waals surface area contributed by atoms with E-state index in [1.807, 2.05) is 17.5 Å². The molecule has 0 aromatic carbocycles. The van der Waals surface area contributed by atoms with Crippen molar-refractivity contribution in [2.75, 3.05) is 45.8 Å². The van der Waals surface area contributed by atoms with E-state index in [1.165, 1.54) is 0 Å². The number of likely N-dealkylation sites (tertiary alicyclic amines) is 1. The second-order valence-corrected chi connectivity index (χ2v) is 9.17. The Morgan fingerprint density at radius 1 is 1.17 bits per heavy atom. The Kier molecular flexibility index (Phi) is 6.79. The molecule has 0 radical (unpaired) electrons. The molecule has 2 aromatic heterocycles. The van der Waals surface area contributed by atoms with Crippen molar-refractivity contribution in [3.05, 3.63) is 23.4 Å². The summed E-state index contributed by atoms with van der Waals surface area (Å²) in [6, 6.07) is 3.96. The highest BCUT2D eigenvalue weighted by Gasteiger charge is 2.31. The molecular formula is C21H29N5O3S. The summed E-state index contributed by atoms with van der Waals surface area (Å²) in [4.78, 5) is 36.4. The molecule has 2 fully saturated rings. The van der Waals surface area contributed by atoms with E-state index in [4.69, 9.17) is 4.52 Å². The number of piperidine rings is 1. The zero-order valence-electron chi connectivity index (χ0n) is 17.5. The molecule has 0 spiro atoms. The van der Waals surface area contributed by atoms with E-state index in [1.54, 1.807) is 21.1 Å². The van der Waals surface area contributed by atoms with E-state index in [9.17, 15) is 9.59 Å². The summed E-state index contributed by atoms with van der Waals surface area (Å²) < 4.78 is 5.35. The van der Waals surface area contributed by atoms with Gasteiger partial charge in [-0.1, -0.05) is 18.1 Å². The highest BCUT2D eigenvalue weighted by Crippen LogP contribution is 2.21. The average Bonchev–Trinajstić information content (AvgIpc) is 3.45. The van der Waals surface area contributed by atoms with Crippen molar-refractivity contribution in [3.8, 4) is 10.7 Å². The van der Waals surface area contributed by atoms with Gasteiger partial charge in [-0.05, 0) is 43.2 Å². The van der Waals surface area contributed by atoms with Gasteiger partial charge in [0.25, 0.3) is 0 Å². The molecule has 2 aliphatic rings. The first-order valence-corrected chi connectivity index (χ1v) is 11.6. The minimum Gasteiger partial charge on any atom is -0.339 e. The minimum absolute atomic E-state index is 0.326. The number of aryl methyl sites for hydroxylation is 1. The van der Waals surface area contributed by atoms with Gasteiger partial charge in [0.15, 0.2) is 0 Å². The zero-order chi connectivity index (χ0) is 20.9. The first-order valence-electron chi connectivity index (χ1n) is 10.8. The molecule has 0 saturated carbocycles. The van der Waals surface area contributed by atoms with Crippen LogP contribution < -0.4 is 0 Å². The number of carbonyl (C=O) groups excluding carboxylic acids is 2. The number of rotatable bonds is 5. The number of carbonyl (C=O) groups is 2. The van der Waals surface area contributed by atoms with Gasteiger partial charge in [0.05, 0.1) is 4.88 Å². The molecule has 0 unspecified atom stereocenters. The van der Waals surface area contributed by atoms with Gasteiger partial charge in [-0.15, -0.1) is 11.3 Å². The highest BCUT2D eigenvalue weighted by molar-refractivity contribution is 7.13. The van der Waals surface area contributed by atoms with Crippen LogP contribution in [0.2, 0.25) is 0 Å². The van der Waals surface area contributed by atoms with Gasteiger partial charge in [-0.3, -0.25) is 14.5 Å². The smallest absolute Gasteiger partial charge is 0.312 e. The Balaban J connectivity index is 1.18. The fraction of sp³-hybridized carbons (Fsp3) is 0.619. The Morgan fingerprint density at radius 2 is 1.97 bits per heavy atom. The van der Waals surface area contributed by atoms with Gasteiger partial charge >= 0.3 is 11.8 Å². The summed E-state index contributed by atoms with van der Waals surface area (Å²) in [5, 5.41) is 6.04. The number of nitrogens with zero attached hydrogens (tertiary/aromatic N) is 5. The summed E-state index contributed by atoms with van der Waals surface area (Å²) in [5.41, 5.74) is 0. The maximum absolute atomic E-state index is 12.6. The zero-order valence-corrected chi connectivity index (χ0v) is 18.3. The second kappa shape index (κ2) is 9.70. The molecule has 1 atom stereocenters. The van der Waals surface area contributed by atoms with Crippen LogP contribution in [0.5, 0.6) is 0 Å². The molecule has 0 aliphatic carbocycles. The van der Waals surface area contributed by atoms with Crippen molar-refractivity contribution in [2.45, 2.75) is 32.6 Å². The van der Waals surface area contributed by atoms with Gasteiger partial charge in [0.2, 0.25) is 11.7 Å². The molecule has 0 N–H and O–H groups in total. The first-order chi connectivity index (χ1) is 14.6. The largest absolute Gasteiger partial charge is 0.339 e. The van der Waals surface area contributed by atoms with Crippen LogP contribution in [0.15, 0.2) is 22.0 Å². The van der Waals surface area contributed by atoms with Crippen LogP contribution in [0.3, 0.4) is 0 Å². The number of aromatic nitrogens is 2. The molecule has 2 saturated heterocycles. The molecule has 4 rings (SSSR count). The van der Waals surface area contributed by atoms with Gasteiger partial charge < -0.3 is 14.3 Å². The Hall–Kier alpha value is -2.26. The van der Waals surface area contributed by atoms with Crippen molar-refractivity contribution in [1.82, 2.24) is 24.8 Å². The van der Waals surface area contributed by atoms with Crippen LogP contribution >= 0.6 is 11.3 Å². The quantitative estimate of drug-likeness (QED) is 0.675. The van der Waals surface area contributed by atoms with Crippen LogP contribution in [0.4, 0.5) is 0 Å². The molecule has 4 heterocycles. The number of piperazine rings is 1. The van der Waals surface area contributed by atoms with E-state index in [0.717, 1.165) is 50.2 Å². The number of thiophene rings is 1. The fourth-order valence-corrected chi connectivity index (χ4v) is 4.78. The third-order valence-electron chi connectivity index (χ3n) is 5.86. The lowest BCUT2D eigenvalue weighted by molar-refractivity contribution is -0.153. The summed E-state index contributed by atoms with van der Waals surface area (Å²) in [6.07, 6.45) is 3.78. The van der Waals surface area contributed by atoms with Crippen LogP contribution in [-0.2, 0) is 16.0 Å². The Labute approximate surface area is 180 Å². The average molecular weight is 432 g/mol. The number of hydrogen-bond donors (Lipinski definition) is 0. The highest BCUT2D eigenvalue weighted by atomic mass is 32.1. The van der Waals surface area contributed by atoms with E-state index in [-0.39, 0.29) is 11.8 Å². The van der Waals surface area contributed by atoms with Crippen molar-refractivity contribution in [1.29, 1.82) is 0 Å². The molecule has 162 valence electrons. The Morgan fingerprint density at radius 3 is 2.70 bits per heavy atom. The van der Waals surface area contributed by atoms with E-state index < -0.39 is 0 Å². The molecule has 2 aromatic rings. The van der Waals surface area contributed by atoms with Gasteiger partial charge in [-0.25, -0.2) is 0 Å². The number of hydrogen-bond acceptors (Lipinski definition) is 7. The van der Waals surface area contributed by atoms with Crippen LogP contribution in [-0.4, -0.2) is 82.5 Å². The maximum atomic E-state index is 12.6.